The summed E-state index contributed by atoms with van der Waals surface area (Å²) in [5, 5.41) is 2.94. The number of amides is 2. The maximum atomic E-state index is 12.3. The van der Waals surface area contributed by atoms with Gasteiger partial charge < -0.3 is 16.0 Å². The highest BCUT2D eigenvalue weighted by Crippen LogP contribution is 2.21. The molecule has 0 spiro atoms. The molecule has 1 aliphatic heterocycles. The van der Waals surface area contributed by atoms with Crippen LogP contribution in [0.3, 0.4) is 0 Å². The molecule has 1 aliphatic rings. The lowest BCUT2D eigenvalue weighted by molar-refractivity contribution is -0.134. The molecule has 1 aromatic rings. The Kier molecular flexibility index (Phi) is 5.97. The first kappa shape index (κ1) is 17.0. The van der Waals surface area contributed by atoms with Crippen molar-refractivity contribution in [3.8, 4) is 0 Å². The zero-order valence-corrected chi connectivity index (χ0v) is 14.3. The van der Waals surface area contributed by atoms with Gasteiger partial charge in [0, 0.05) is 41.6 Å². The van der Waals surface area contributed by atoms with E-state index in [4.69, 9.17) is 5.73 Å². The van der Waals surface area contributed by atoms with Crippen molar-refractivity contribution in [1.29, 1.82) is 0 Å². The topological polar surface area (TPSA) is 75.4 Å². The Morgan fingerprint density at radius 2 is 2.09 bits per heavy atom. The standard InChI is InChI=1S/C16H22BrN3O2/c1-11(18)9-15(21)20-7-5-12(6-8-20)16(22)19-14-4-2-3-13(17)10-14/h2-4,10-12H,5-9,18H2,1H3,(H,19,22). The summed E-state index contributed by atoms with van der Waals surface area (Å²) in [6.45, 7) is 3.08. The molecule has 1 unspecified atom stereocenters. The number of nitrogens with zero attached hydrogens (tertiary/aromatic N) is 1. The van der Waals surface area contributed by atoms with Crippen LogP contribution in [0.4, 0.5) is 5.69 Å². The number of carbonyl (C=O) groups is 2. The number of halogens is 1. The molecule has 0 aromatic heterocycles. The molecule has 1 saturated heterocycles. The first-order valence-electron chi connectivity index (χ1n) is 7.55. The first-order chi connectivity index (χ1) is 10.5. The van der Waals surface area contributed by atoms with Gasteiger partial charge in [-0.25, -0.2) is 0 Å². The molecule has 0 bridgehead atoms. The quantitative estimate of drug-likeness (QED) is 0.857. The number of piperidine rings is 1. The zero-order valence-electron chi connectivity index (χ0n) is 12.7. The minimum atomic E-state index is -0.120. The van der Waals surface area contributed by atoms with Crippen LogP contribution in [0.2, 0.25) is 0 Å². The van der Waals surface area contributed by atoms with E-state index >= 15 is 0 Å². The number of nitrogens with one attached hydrogen (secondary N) is 1. The molecule has 1 aromatic carbocycles. The molecule has 2 amide bonds. The highest BCUT2D eigenvalue weighted by molar-refractivity contribution is 9.10. The molecule has 0 aliphatic carbocycles. The minimum Gasteiger partial charge on any atom is -0.343 e. The van der Waals surface area contributed by atoms with Crippen LogP contribution in [0.15, 0.2) is 28.7 Å². The number of hydrogen-bond acceptors (Lipinski definition) is 3. The normalized spacial score (nSPS) is 17.1. The van der Waals surface area contributed by atoms with Gasteiger partial charge in [0.1, 0.15) is 0 Å². The molecular weight excluding hydrogens is 346 g/mol. The van der Waals surface area contributed by atoms with E-state index in [-0.39, 0.29) is 23.8 Å². The van der Waals surface area contributed by atoms with E-state index in [1.165, 1.54) is 0 Å². The summed E-state index contributed by atoms with van der Waals surface area (Å²) in [7, 11) is 0. The van der Waals surface area contributed by atoms with Crippen LogP contribution in [-0.4, -0.2) is 35.8 Å². The average Bonchev–Trinajstić information content (AvgIpc) is 2.46. The summed E-state index contributed by atoms with van der Waals surface area (Å²) in [6.07, 6.45) is 1.77. The number of carbonyl (C=O) groups excluding carboxylic acids is 2. The Morgan fingerprint density at radius 1 is 1.41 bits per heavy atom. The Hall–Kier alpha value is -1.40. The second-order valence-electron chi connectivity index (χ2n) is 5.84. The Labute approximate surface area is 139 Å². The van der Waals surface area contributed by atoms with E-state index in [0.717, 1.165) is 10.2 Å². The zero-order chi connectivity index (χ0) is 16.1. The van der Waals surface area contributed by atoms with Gasteiger partial charge in [-0.2, -0.15) is 0 Å². The third-order valence-corrected chi connectivity index (χ3v) is 4.30. The van der Waals surface area contributed by atoms with Crippen molar-refractivity contribution in [2.75, 3.05) is 18.4 Å². The fourth-order valence-electron chi connectivity index (χ4n) is 2.61. The Bertz CT molecular complexity index is 540. The first-order valence-corrected chi connectivity index (χ1v) is 8.35. The molecule has 0 radical (unpaired) electrons. The molecule has 5 nitrogen and oxygen atoms in total. The van der Waals surface area contributed by atoms with E-state index < -0.39 is 0 Å². The minimum absolute atomic E-state index is 0.0254. The predicted octanol–water partition coefficient (Wildman–Crippen LogP) is 2.36. The highest BCUT2D eigenvalue weighted by Gasteiger charge is 2.27. The summed E-state index contributed by atoms with van der Waals surface area (Å²) in [6, 6.07) is 7.42. The van der Waals surface area contributed by atoms with Gasteiger partial charge in [-0.15, -0.1) is 0 Å². The number of likely N-dealkylation sites (tertiary alicyclic amines) is 1. The van der Waals surface area contributed by atoms with Crippen LogP contribution in [0, 0.1) is 5.92 Å². The summed E-state index contributed by atoms with van der Waals surface area (Å²) >= 11 is 3.39. The summed E-state index contributed by atoms with van der Waals surface area (Å²) in [4.78, 5) is 26.0. The molecule has 120 valence electrons. The van der Waals surface area contributed by atoms with Crippen molar-refractivity contribution in [2.24, 2.45) is 11.7 Å². The maximum Gasteiger partial charge on any atom is 0.227 e. The summed E-state index contributed by atoms with van der Waals surface area (Å²) in [5.41, 5.74) is 6.45. The summed E-state index contributed by atoms with van der Waals surface area (Å²) in [5.74, 6) is 0.0663. The Balaban J connectivity index is 1.83. The fraction of sp³-hybridized carbons (Fsp3) is 0.500. The highest BCUT2D eigenvalue weighted by atomic mass is 79.9. The van der Waals surface area contributed by atoms with Crippen LogP contribution in [0.25, 0.3) is 0 Å². The molecule has 22 heavy (non-hydrogen) atoms. The average molecular weight is 368 g/mol. The van der Waals surface area contributed by atoms with Crippen molar-refractivity contribution in [3.05, 3.63) is 28.7 Å². The second-order valence-corrected chi connectivity index (χ2v) is 6.75. The fourth-order valence-corrected chi connectivity index (χ4v) is 3.01. The van der Waals surface area contributed by atoms with Gasteiger partial charge in [-0.1, -0.05) is 22.0 Å². The largest absolute Gasteiger partial charge is 0.343 e. The van der Waals surface area contributed by atoms with E-state index in [9.17, 15) is 9.59 Å². The van der Waals surface area contributed by atoms with Gasteiger partial charge in [0.05, 0.1) is 0 Å². The van der Waals surface area contributed by atoms with Crippen LogP contribution < -0.4 is 11.1 Å². The predicted molar refractivity (Wildman–Crippen MR) is 90.3 cm³/mol. The monoisotopic (exact) mass is 367 g/mol. The molecule has 6 heteroatoms. The van der Waals surface area contributed by atoms with Crippen molar-refractivity contribution < 1.29 is 9.59 Å². The lowest BCUT2D eigenvalue weighted by Gasteiger charge is -2.31. The third-order valence-electron chi connectivity index (χ3n) is 3.81. The van der Waals surface area contributed by atoms with Crippen molar-refractivity contribution >= 4 is 33.4 Å². The number of hydrogen-bond donors (Lipinski definition) is 2. The van der Waals surface area contributed by atoms with E-state index in [1.54, 1.807) is 0 Å². The van der Waals surface area contributed by atoms with Crippen LogP contribution >= 0.6 is 15.9 Å². The summed E-state index contributed by atoms with van der Waals surface area (Å²) < 4.78 is 0.932. The lowest BCUT2D eigenvalue weighted by Crippen LogP contribution is -2.42. The Morgan fingerprint density at radius 3 is 2.68 bits per heavy atom. The number of rotatable bonds is 4. The van der Waals surface area contributed by atoms with Gasteiger partial charge in [-0.3, -0.25) is 9.59 Å². The molecule has 1 heterocycles. The maximum absolute atomic E-state index is 12.3. The van der Waals surface area contributed by atoms with Gasteiger partial charge in [0.25, 0.3) is 0 Å². The van der Waals surface area contributed by atoms with Crippen LogP contribution in [0.5, 0.6) is 0 Å². The van der Waals surface area contributed by atoms with Gasteiger partial charge in [-0.05, 0) is 38.0 Å². The van der Waals surface area contributed by atoms with Crippen molar-refractivity contribution in [3.63, 3.8) is 0 Å². The molecule has 3 N–H and O–H groups in total. The number of anilines is 1. The van der Waals surface area contributed by atoms with Crippen LogP contribution in [-0.2, 0) is 9.59 Å². The van der Waals surface area contributed by atoms with Gasteiger partial charge >= 0.3 is 0 Å². The van der Waals surface area contributed by atoms with Crippen LogP contribution in [0.1, 0.15) is 26.2 Å². The van der Waals surface area contributed by atoms with Crippen molar-refractivity contribution in [1.82, 2.24) is 4.90 Å². The SMILES string of the molecule is CC(N)CC(=O)N1CCC(C(=O)Nc2cccc(Br)c2)CC1. The number of nitrogens with two attached hydrogens (primary N) is 1. The lowest BCUT2D eigenvalue weighted by atomic mass is 9.95. The molecule has 1 atom stereocenters. The smallest absolute Gasteiger partial charge is 0.227 e. The van der Waals surface area contributed by atoms with E-state index in [2.05, 4.69) is 21.2 Å². The van der Waals surface area contributed by atoms with E-state index in [0.29, 0.717) is 32.4 Å². The second kappa shape index (κ2) is 7.74. The number of benzene rings is 1. The molecule has 0 saturated carbocycles. The molecule has 1 fully saturated rings. The van der Waals surface area contributed by atoms with E-state index in [1.807, 2.05) is 36.1 Å². The van der Waals surface area contributed by atoms with Gasteiger partial charge in [0.2, 0.25) is 11.8 Å². The van der Waals surface area contributed by atoms with Gasteiger partial charge in [0.15, 0.2) is 0 Å². The third kappa shape index (κ3) is 4.81. The van der Waals surface area contributed by atoms with Crippen molar-refractivity contribution in [2.45, 2.75) is 32.2 Å². The molecule has 2 rings (SSSR count). The molecular formula is C16H22BrN3O2.